The van der Waals surface area contributed by atoms with Crippen LogP contribution < -0.4 is 19.7 Å². The van der Waals surface area contributed by atoms with Crippen molar-refractivity contribution in [1.82, 2.24) is 4.98 Å². The van der Waals surface area contributed by atoms with Gasteiger partial charge in [-0.05, 0) is 60.5 Å². The summed E-state index contributed by atoms with van der Waals surface area (Å²) in [5.74, 6) is 0.794. The van der Waals surface area contributed by atoms with Crippen LogP contribution in [-0.4, -0.2) is 31.0 Å². The van der Waals surface area contributed by atoms with Gasteiger partial charge in [0, 0.05) is 18.3 Å². The summed E-state index contributed by atoms with van der Waals surface area (Å²) in [6, 6.07) is 17.9. The number of piperidine rings is 1. The molecule has 2 atom stereocenters. The van der Waals surface area contributed by atoms with Crippen molar-refractivity contribution in [3.63, 3.8) is 0 Å². The number of hydrogen-bond acceptors (Lipinski definition) is 5. The Labute approximate surface area is 187 Å². The number of carbonyl (C=O) groups is 2. The minimum Gasteiger partial charge on any atom is -0.497 e. The van der Waals surface area contributed by atoms with Crippen LogP contribution >= 0.6 is 0 Å². The standard InChI is InChI=1S/C25H25N3O4/c1-31-20-9-5-17(6-10-20)24-22(25(30)27-18-4-3-15-26-16-18)13-14-23(29)28(24)19-7-11-21(32-2)12-8-19/h3-12,15-16,22,24H,13-14H2,1-2H3,(H,27,30). The normalized spacial score (nSPS) is 18.2. The zero-order valence-corrected chi connectivity index (χ0v) is 18.0. The van der Waals surface area contributed by atoms with Gasteiger partial charge < -0.3 is 19.7 Å². The molecule has 0 bridgehead atoms. The van der Waals surface area contributed by atoms with Crippen LogP contribution in [0, 0.1) is 5.92 Å². The molecule has 32 heavy (non-hydrogen) atoms. The molecule has 7 nitrogen and oxygen atoms in total. The van der Waals surface area contributed by atoms with Crippen molar-refractivity contribution in [2.75, 3.05) is 24.4 Å². The van der Waals surface area contributed by atoms with E-state index in [0.717, 1.165) is 11.3 Å². The summed E-state index contributed by atoms with van der Waals surface area (Å²) < 4.78 is 10.5. The molecule has 0 radical (unpaired) electrons. The Balaban J connectivity index is 1.73. The third-order valence-corrected chi connectivity index (χ3v) is 5.67. The quantitative estimate of drug-likeness (QED) is 0.632. The Hall–Kier alpha value is -3.87. The van der Waals surface area contributed by atoms with Crippen LogP contribution in [0.5, 0.6) is 11.5 Å². The first-order valence-electron chi connectivity index (χ1n) is 10.4. The third-order valence-electron chi connectivity index (χ3n) is 5.67. The molecule has 1 N–H and O–H groups in total. The lowest BCUT2D eigenvalue weighted by Gasteiger charge is -2.41. The van der Waals surface area contributed by atoms with Gasteiger partial charge in [-0.15, -0.1) is 0 Å². The fourth-order valence-electron chi connectivity index (χ4n) is 4.07. The molecule has 1 fully saturated rings. The van der Waals surface area contributed by atoms with E-state index in [2.05, 4.69) is 10.3 Å². The minimum absolute atomic E-state index is 0.0265. The summed E-state index contributed by atoms with van der Waals surface area (Å²) in [4.78, 5) is 32.2. The Bertz CT molecular complexity index is 1070. The summed E-state index contributed by atoms with van der Waals surface area (Å²) in [5, 5.41) is 2.95. The van der Waals surface area contributed by atoms with Crippen molar-refractivity contribution >= 4 is 23.2 Å². The molecule has 2 aromatic carbocycles. The lowest BCUT2D eigenvalue weighted by molar-refractivity contribution is -0.125. The predicted molar refractivity (Wildman–Crippen MR) is 122 cm³/mol. The predicted octanol–water partition coefficient (Wildman–Crippen LogP) is 4.22. The molecular formula is C25H25N3O4. The van der Waals surface area contributed by atoms with Crippen molar-refractivity contribution < 1.29 is 19.1 Å². The lowest BCUT2D eigenvalue weighted by atomic mass is 9.83. The van der Waals surface area contributed by atoms with Crippen molar-refractivity contribution in [3.05, 3.63) is 78.6 Å². The van der Waals surface area contributed by atoms with Gasteiger partial charge in [-0.1, -0.05) is 12.1 Å². The molecule has 3 aromatic rings. The van der Waals surface area contributed by atoms with E-state index in [4.69, 9.17) is 9.47 Å². The number of aromatic nitrogens is 1. The molecule has 0 saturated carbocycles. The summed E-state index contributed by atoms with van der Waals surface area (Å²) in [5.41, 5.74) is 2.20. The fourth-order valence-corrected chi connectivity index (χ4v) is 4.07. The van der Waals surface area contributed by atoms with E-state index in [9.17, 15) is 9.59 Å². The number of benzene rings is 2. The highest BCUT2D eigenvalue weighted by Gasteiger charge is 2.41. The molecule has 0 spiro atoms. The van der Waals surface area contributed by atoms with Crippen LogP contribution in [0.15, 0.2) is 73.1 Å². The number of rotatable bonds is 6. The number of carbonyl (C=O) groups excluding carboxylic acids is 2. The summed E-state index contributed by atoms with van der Waals surface area (Å²) in [6.07, 6.45) is 3.99. The van der Waals surface area contributed by atoms with Gasteiger partial charge >= 0.3 is 0 Å². The number of nitrogens with one attached hydrogen (secondary N) is 1. The molecule has 1 aliphatic rings. The van der Waals surface area contributed by atoms with Gasteiger partial charge in [0.2, 0.25) is 11.8 Å². The topological polar surface area (TPSA) is 80.8 Å². The molecule has 1 saturated heterocycles. The highest BCUT2D eigenvalue weighted by atomic mass is 16.5. The van der Waals surface area contributed by atoms with E-state index in [1.165, 1.54) is 0 Å². The number of anilines is 2. The Kier molecular flexibility index (Phi) is 6.35. The average Bonchev–Trinajstić information content (AvgIpc) is 2.84. The Morgan fingerprint density at radius 3 is 2.25 bits per heavy atom. The lowest BCUT2D eigenvalue weighted by Crippen LogP contribution is -2.46. The number of methoxy groups -OCH3 is 2. The van der Waals surface area contributed by atoms with Crippen LogP contribution in [-0.2, 0) is 9.59 Å². The van der Waals surface area contributed by atoms with Crippen molar-refractivity contribution in [1.29, 1.82) is 0 Å². The molecule has 2 amide bonds. The number of ether oxygens (including phenoxy) is 2. The summed E-state index contributed by atoms with van der Waals surface area (Å²) in [7, 11) is 3.20. The van der Waals surface area contributed by atoms with Gasteiger partial charge in [0.1, 0.15) is 11.5 Å². The molecule has 164 valence electrons. The number of amides is 2. The van der Waals surface area contributed by atoms with Crippen molar-refractivity contribution in [2.45, 2.75) is 18.9 Å². The highest BCUT2D eigenvalue weighted by molar-refractivity contribution is 6.00. The van der Waals surface area contributed by atoms with Gasteiger partial charge in [0.15, 0.2) is 0 Å². The molecule has 4 rings (SSSR count). The van der Waals surface area contributed by atoms with Crippen molar-refractivity contribution in [3.8, 4) is 11.5 Å². The number of pyridine rings is 1. The first-order chi connectivity index (χ1) is 15.6. The maximum absolute atomic E-state index is 13.3. The maximum Gasteiger partial charge on any atom is 0.229 e. The molecule has 1 aliphatic heterocycles. The Morgan fingerprint density at radius 2 is 1.66 bits per heavy atom. The summed E-state index contributed by atoms with van der Waals surface area (Å²) >= 11 is 0. The van der Waals surface area contributed by atoms with Crippen LogP contribution in [0.2, 0.25) is 0 Å². The van der Waals surface area contributed by atoms with E-state index in [1.54, 1.807) is 43.6 Å². The first kappa shape index (κ1) is 21.4. The monoisotopic (exact) mass is 431 g/mol. The van der Waals surface area contributed by atoms with Gasteiger partial charge in [0.05, 0.1) is 38.1 Å². The molecule has 1 aromatic heterocycles. The van der Waals surface area contributed by atoms with Gasteiger partial charge in [0.25, 0.3) is 0 Å². The van der Waals surface area contributed by atoms with E-state index in [0.29, 0.717) is 23.6 Å². The van der Waals surface area contributed by atoms with E-state index >= 15 is 0 Å². The SMILES string of the molecule is COc1ccc(C2C(C(=O)Nc3cccnc3)CCC(=O)N2c2ccc(OC)cc2)cc1. The second-order valence-electron chi connectivity index (χ2n) is 7.56. The number of nitrogens with zero attached hydrogens (tertiary/aromatic N) is 2. The van der Waals surface area contributed by atoms with Crippen LogP contribution in [0.25, 0.3) is 0 Å². The van der Waals surface area contributed by atoms with E-state index in [-0.39, 0.29) is 18.2 Å². The van der Waals surface area contributed by atoms with Crippen LogP contribution in [0.4, 0.5) is 11.4 Å². The van der Waals surface area contributed by atoms with Crippen LogP contribution in [0.1, 0.15) is 24.4 Å². The molecule has 2 heterocycles. The molecule has 7 heteroatoms. The number of hydrogen-bond donors (Lipinski definition) is 1. The van der Waals surface area contributed by atoms with Crippen LogP contribution in [0.3, 0.4) is 0 Å². The smallest absolute Gasteiger partial charge is 0.229 e. The maximum atomic E-state index is 13.3. The minimum atomic E-state index is -0.466. The zero-order valence-electron chi connectivity index (χ0n) is 18.0. The highest BCUT2D eigenvalue weighted by Crippen LogP contribution is 2.41. The van der Waals surface area contributed by atoms with Gasteiger partial charge in [-0.25, -0.2) is 0 Å². The summed E-state index contributed by atoms with van der Waals surface area (Å²) in [6.45, 7) is 0. The molecule has 2 unspecified atom stereocenters. The van der Waals surface area contributed by atoms with E-state index in [1.807, 2.05) is 48.5 Å². The second-order valence-corrected chi connectivity index (χ2v) is 7.56. The van der Waals surface area contributed by atoms with E-state index < -0.39 is 12.0 Å². The molecule has 0 aliphatic carbocycles. The zero-order chi connectivity index (χ0) is 22.5. The Morgan fingerprint density at radius 1 is 1.00 bits per heavy atom. The third kappa shape index (κ3) is 4.42. The average molecular weight is 431 g/mol. The van der Waals surface area contributed by atoms with Gasteiger partial charge in [-0.3, -0.25) is 14.6 Å². The largest absolute Gasteiger partial charge is 0.497 e. The fraction of sp³-hybridized carbons (Fsp3) is 0.240. The molecular weight excluding hydrogens is 406 g/mol. The van der Waals surface area contributed by atoms with Gasteiger partial charge in [-0.2, -0.15) is 0 Å². The second kappa shape index (κ2) is 9.51. The first-order valence-corrected chi connectivity index (χ1v) is 10.4. The van der Waals surface area contributed by atoms with Crippen molar-refractivity contribution in [2.24, 2.45) is 5.92 Å².